The van der Waals surface area contributed by atoms with Crippen molar-refractivity contribution in [3.05, 3.63) is 106 Å². The number of nitrogens with zero attached hydrogens (tertiary/aromatic N) is 1. The zero-order valence-corrected chi connectivity index (χ0v) is 20.7. The van der Waals surface area contributed by atoms with E-state index in [1.54, 1.807) is 27.4 Å². The van der Waals surface area contributed by atoms with Crippen molar-refractivity contribution in [2.45, 2.75) is 12.3 Å². The average molecular weight is 494 g/mol. The van der Waals surface area contributed by atoms with Crippen molar-refractivity contribution in [1.29, 1.82) is 0 Å². The van der Waals surface area contributed by atoms with Gasteiger partial charge in [0, 0.05) is 38.9 Å². The Morgan fingerprint density at radius 2 is 1.47 bits per heavy atom. The smallest absolute Gasteiger partial charge is 0.216 e. The molecule has 34 heavy (non-hydrogen) atoms. The maximum atomic E-state index is 6.33. The number of pyridine rings is 1. The lowest BCUT2D eigenvalue weighted by atomic mass is 9.84. The molecule has 0 saturated carbocycles. The number of rotatable bonds is 8. The van der Waals surface area contributed by atoms with Crippen LogP contribution in [0.4, 0.5) is 0 Å². The summed E-state index contributed by atoms with van der Waals surface area (Å²) in [6.07, 6.45) is 2.42. The van der Waals surface area contributed by atoms with Crippen LogP contribution in [0.5, 0.6) is 17.4 Å². The molecule has 4 aromatic rings. The Morgan fingerprint density at radius 1 is 0.735 bits per heavy atom. The molecule has 3 aromatic carbocycles. The van der Waals surface area contributed by atoms with Gasteiger partial charge in [-0.25, -0.2) is 4.98 Å². The van der Waals surface area contributed by atoms with E-state index < -0.39 is 0 Å². The summed E-state index contributed by atoms with van der Waals surface area (Å²) in [6.45, 7) is 0. The molecule has 1 atom stereocenters. The van der Waals surface area contributed by atoms with Gasteiger partial charge in [-0.1, -0.05) is 65.7 Å². The quantitative estimate of drug-likeness (QED) is 0.255. The first-order valence-corrected chi connectivity index (χ1v) is 11.5. The van der Waals surface area contributed by atoms with Crippen LogP contribution in [0.1, 0.15) is 22.6 Å². The fourth-order valence-electron chi connectivity index (χ4n) is 4.22. The molecule has 6 heteroatoms. The number of hydrogen-bond donors (Lipinski definition) is 0. The van der Waals surface area contributed by atoms with E-state index in [4.69, 9.17) is 37.4 Å². The first-order valence-electron chi connectivity index (χ1n) is 10.8. The van der Waals surface area contributed by atoms with Crippen LogP contribution in [0.15, 0.2) is 79.0 Å². The summed E-state index contributed by atoms with van der Waals surface area (Å²) in [7, 11) is 4.90. The van der Waals surface area contributed by atoms with Crippen LogP contribution in [0.25, 0.3) is 11.1 Å². The monoisotopic (exact) mass is 493 g/mol. The summed E-state index contributed by atoms with van der Waals surface area (Å²) in [6, 6.07) is 23.7. The number of ether oxygens (including phenoxy) is 3. The third kappa shape index (κ3) is 5.14. The lowest BCUT2D eigenvalue weighted by Crippen LogP contribution is -2.10. The summed E-state index contributed by atoms with van der Waals surface area (Å²) < 4.78 is 17.1. The second-order valence-electron chi connectivity index (χ2n) is 7.81. The molecular weight excluding hydrogens is 469 g/mol. The van der Waals surface area contributed by atoms with Crippen LogP contribution < -0.4 is 14.2 Å². The van der Waals surface area contributed by atoms with Crippen LogP contribution in [-0.4, -0.2) is 26.3 Å². The second-order valence-corrected chi connectivity index (χ2v) is 8.68. The molecule has 0 amide bonds. The molecule has 1 aromatic heterocycles. The lowest BCUT2D eigenvalue weighted by Gasteiger charge is -2.24. The first-order chi connectivity index (χ1) is 16.5. The lowest BCUT2D eigenvalue weighted by molar-refractivity contribution is 0.349. The number of aromatic nitrogens is 1. The van der Waals surface area contributed by atoms with Gasteiger partial charge in [0.2, 0.25) is 5.88 Å². The summed E-state index contributed by atoms with van der Waals surface area (Å²) in [5.41, 5.74) is 4.92. The van der Waals surface area contributed by atoms with E-state index in [1.807, 2.05) is 54.7 Å². The van der Waals surface area contributed by atoms with Crippen molar-refractivity contribution in [3.8, 4) is 28.5 Å². The van der Waals surface area contributed by atoms with E-state index in [1.165, 1.54) is 0 Å². The number of hydrogen-bond acceptors (Lipinski definition) is 4. The van der Waals surface area contributed by atoms with Crippen molar-refractivity contribution < 1.29 is 14.2 Å². The molecule has 0 spiro atoms. The largest absolute Gasteiger partial charge is 0.493 e. The van der Waals surface area contributed by atoms with Crippen molar-refractivity contribution in [1.82, 2.24) is 4.98 Å². The van der Waals surface area contributed by atoms with Gasteiger partial charge in [-0.3, -0.25) is 0 Å². The Hall–Kier alpha value is -3.21. The fourth-order valence-corrected chi connectivity index (χ4v) is 4.79. The van der Waals surface area contributed by atoms with Gasteiger partial charge in [0.1, 0.15) is 0 Å². The number of halogens is 2. The molecule has 4 nitrogen and oxygen atoms in total. The molecule has 4 rings (SSSR count). The highest BCUT2D eigenvalue weighted by atomic mass is 35.5. The molecule has 0 aliphatic carbocycles. The Labute approximate surface area is 210 Å². The Morgan fingerprint density at radius 3 is 2.12 bits per heavy atom. The van der Waals surface area contributed by atoms with Crippen molar-refractivity contribution in [3.63, 3.8) is 0 Å². The van der Waals surface area contributed by atoms with E-state index >= 15 is 0 Å². The van der Waals surface area contributed by atoms with Gasteiger partial charge in [0.15, 0.2) is 11.5 Å². The van der Waals surface area contributed by atoms with Gasteiger partial charge in [-0.15, -0.1) is 0 Å². The third-order valence-electron chi connectivity index (χ3n) is 5.73. The Bertz CT molecular complexity index is 1260. The molecule has 0 bridgehead atoms. The second kappa shape index (κ2) is 10.8. The number of benzene rings is 3. The molecule has 1 unspecified atom stereocenters. The molecule has 0 fully saturated rings. The molecular formula is C28H25Cl2NO3. The fraction of sp³-hybridized carbons (Fsp3) is 0.179. The molecule has 0 radical (unpaired) electrons. The van der Waals surface area contributed by atoms with E-state index in [0.717, 1.165) is 27.8 Å². The van der Waals surface area contributed by atoms with Crippen molar-refractivity contribution >= 4 is 23.2 Å². The maximum absolute atomic E-state index is 6.33. The minimum Gasteiger partial charge on any atom is -0.493 e. The molecule has 1 heterocycles. The predicted molar refractivity (Wildman–Crippen MR) is 138 cm³/mol. The van der Waals surface area contributed by atoms with Crippen molar-refractivity contribution in [2.24, 2.45) is 0 Å². The van der Waals surface area contributed by atoms with E-state index in [2.05, 4.69) is 23.2 Å². The zero-order chi connectivity index (χ0) is 24.1. The Balaban J connectivity index is 1.93. The normalized spacial score (nSPS) is 11.7. The highest BCUT2D eigenvalue weighted by Gasteiger charge is 2.26. The summed E-state index contributed by atoms with van der Waals surface area (Å²) in [5, 5.41) is 1.17. The molecule has 0 saturated heterocycles. The van der Waals surface area contributed by atoms with Gasteiger partial charge in [0.25, 0.3) is 0 Å². The highest BCUT2D eigenvalue weighted by molar-refractivity contribution is 6.34. The van der Waals surface area contributed by atoms with Gasteiger partial charge >= 0.3 is 0 Å². The van der Waals surface area contributed by atoms with Crippen LogP contribution in [-0.2, 0) is 6.42 Å². The predicted octanol–water partition coefficient (Wildman–Crippen LogP) is 7.46. The molecule has 0 N–H and O–H groups in total. The standard InChI is InChI=1S/C28H25Cl2NO3/c1-32-26-11-7-10-23(27(26)33-2)24(14-18-12-21(29)16-22(30)13-18)25-15-20(17-31-28(25)34-3)19-8-5-4-6-9-19/h4-13,15-17,24H,14H2,1-3H3. The third-order valence-corrected chi connectivity index (χ3v) is 6.16. The van der Waals surface area contributed by atoms with Crippen LogP contribution in [0, 0.1) is 0 Å². The first kappa shape index (κ1) is 23.9. The van der Waals surface area contributed by atoms with Crippen LogP contribution in [0.2, 0.25) is 10.0 Å². The van der Waals surface area contributed by atoms with Gasteiger partial charge in [-0.2, -0.15) is 0 Å². The molecule has 174 valence electrons. The van der Waals surface area contributed by atoms with Crippen LogP contribution >= 0.6 is 23.2 Å². The summed E-state index contributed by atoms with van der Waals surface area (Å²) >= 11 is 12.7. The number of para-hydroxylation sites is 1. The SMILES string of the molecule is COc1cccc(C(Cc2cc(Cl)cc(Cl)c2)c2cc(-c3ccccc3)cnc2OC)c1OC. The summed E-state index contributed by atoms with van der Waals surface area (Å²) in [4.78, 5) is 4.65. The summed E-state index contributed by atoms with van der Waals surface area (Å²) in [5.74, 6) is 1.68. The molecule has 0 aliphatic rings. The van der Waals surface area contributed by atoms with Crippen molar-refractivity contribution in [2.75, 3.05) is 21.3 Å². The maximum Gasteiger partial charge on any atom is 0.216 e. The molecule has 0 aliphatic heterocycles. The minimum absolute atomic E-state index is 0.175. The number of methoxy groups -OCH3 is 3. The van der Waals surface area contributed by atoms with E-state index in [9.17, 15) is 0 Å². The Kier molecular flexibility index (Phi) is 7.61. The van der Waals surface area contributed by atoms with Gasteiger partial charge in [0.05, 0.1) is 21.3 Å². The highest BCUT2D eigenvalue weighted by Crippen LogP contribution is 2.43. The topological polar surface area (TPSA) is 40.6 Å². The van der Waals surface area contributed by atoms with Gasteiger partial charge in [-0.05, 0) is 47.9 Å². The van der Waals surface area contributed by atoms with Crippen LogP contribution in [0.3, 0.4) is 0 Å². The minimum atomic E-state index is -0.175. The van der Waals surface area contributed by atoms with E-state index in [0.29, 0.717) is 33.8 Å². The van der Waals surface area contributed by atoms with E-state index in [-0.39, 0.29) is 5.92 Å². The zero-order valence-electron chi connectivity index (χ0n) is 19.2. The average Bonchev–Trinajstić information content (AvgIpc) is 2.86. The van der Waals surface area contributed by atoms with Gasteiger partial charge < -0.3 is 14.2 Å².